The maximum absolute atomic E-state index is 14.3. The lowest BCUT2D eigenvalue weighted by Crippen LogP contribution is -2.30. The first kappa shape index (κ1) is 13.3. The average Bonchev–Trinajstić information content (AvgIpc) is 2.32. The van der Waals surface area contributed by atoms with Crippen molar-refractivity contribution in [2.45, 2.75) is 32.7 Å². The third-order valence-corrected chi connectivity index (χ3v) is 3.63. The minimum atomic E-state index is -0.180. The van der Waals surface area contributed by atoms with Crippen LogP contribution in [0.4, 0.5) is 10.2 Å². The average molecular weight is 251 g/mol. The van der Waals surface area contributed by atoms with E-state index in [2.05, 4.69) is 10.3 Å². The molecule has 0 amide bonds. The Balaban J connectivity index is 2.06. The van der Waals surface area contributed by atoms with Gasteiger partial charge in [-0.15, -0.1) is 0 Å². The summed E-state index contributed by atoms with van der Waals surface area (Å²) in [6.45, 7) is 4.33. The summed E-state index contributed by atoms with van der Waals surface area (Å²) in [6.07, 6.45) is 5.54. The highest BCUT2D eigenvalue weighted by Gasteiger charge is 2.21. The number of aromatic nitrogens is 1. The number of pyridine rings is 1. The van der Waals surface area contributed by atoms with Crippen LogP contribution in [-0.2, 0) is 6.54 Å². The van der Waals surface area contributed by atoms with Gasteiger partial charge in [0.2, 0.25) is 0 Å². The minimum absolute atomic E-state index is 0.180. The molecule has 1 fully saturated rings. The smallest absolute Gasteiger partial charge is 0.170 e. The lowest BCUT2D eigenvalue weighted by atomic mass is 9.85. The van der Waals surface area contributed by atoms with Crippen molar-refractivity contribution in [1.82, 2.24) is 10.3 Å². The van der Waals surface area contributed by atoms with Gasteiger partial charge in [-0.25, -0.2) is 9.37 Å². The Bertz CT molecular complexity index is 391. The summed E-state index contributed by atoms with van der Waals surface area (Å²) in [5, 5.41) is 3.15. The van der Waals surface area contributed by atoms with Crippen LogP contribution in [0.5, 0.6) is 0 Å². The molecular weight excluding hydrogens is 229 g/mol. The molecule has 1 aliphatic carbocycles. The van der Waals surface area contributed by atoms with Gasteiger partial charge in [0.05, 0.1) is 0 Å². The monoisotopic (exact) mass is 251 g/mol. The lowest BCUT2D eigenvalue weighted by molar-refractivity contribution is 0.320. The first-order valence-corrected chi connectivity index (χ1v) is 6.77. The van der Waals surface area contributed by atoms with Gasteiger partial charge in [0, 0.05) is 31.9 Å². The Kier molecular flexibility index (Phi) is 4.53. The summed E-state index contributed by atoms with van der Waals surface area (Å²) in [6, 6.07) is 1.75. The van der Waals surface area contributed by atoms with E-state index >= 15 is 0 Å². The van der Waals surface area contributed by atoms with Gasteiger partial charge in [-0.3, -0.25) is 0 Å². The molecule has 0 unspecified atom stereocenters. The van der Waals surface area contributed by atoms with Crippen LogP contribution in [0.15, 0.2) is 12.3 Å². The molecule has 1 saturated carbocycles. The Morgan fingerprint density at radius 3 is 2.89 bits per heavy atom. The molecule has 0 spiro atoms. The number of nitrogens with zero attached hydrogens (tertiary/aromatic N) is 2. The van der Waals surface area contributed by atoms with Crippen molar-refractivity contribution in [3.8, 4) is 0 Å². The van der Waals surface area contributed by atoms with Crippen molar-refractivity contribution in [3.63, 3.8) is 0 Å². The van der Waals surface area contributed by atoms with E-state index < -0.39 is 0 Å². The fourth-order valence-electron chi connectivity index (χ4n) is 2.28. The number of halogens is 1. The summed E-state index contributed by atoms with van der Waals surface area (Å²) in [7, 11) is 1.93. The maximum Gasteiger partial charge on any atom is 0.170 e. The number of rotatable bonds is 6. The van der Waals surface area contributed by atoms with Gasteiger partial charge in [-0.2, -0.15) is 0 Å². The van der Waals surface area contributed by atoms with E-state index in [0.29, 0.717) is 23.8 Å². The second kappa shape index (κ2) is 6.14. The predicted octanol–water partition coefficient (Wildman–Crippen LogP) is 2.57. The molecule has 0 saturated heterocycles. The van der Waals surface area contributed by atoms with Gasteiger partial charge in [-0.1, -0.05) is 13.3 Å². The molecule has 100 valence electrons. The molecule has 1 aliphatic rings. The summed E-state index contributed by atoms with van der Waals surface area (Å²) in [4.78, 5) is 6.13. The second-order valence-electron chi connectivity index (χ2n) is 5.07. The Labute approximate surface area is 108 Å². The Morgan fingerprint density at radius 2 is 2.28 bits per heavy atom. The summed E-state index contributed by atoms with van der Waals surface area (Å²) >= 11 is 0. The first-order valence-electron chi connectivity index (χ1n) is 6.77. The molecule has 2 rings (SSSR count). The van der Waals surface area contributed by atoms with Crippen LogP contribution < -0.4 is 10.2 Å². The van der Waals surface area contributed by atoms with Crippen LogP contribution in [0.3, 0.4) is 0 Å². The van der Waals surface area contributed by atoms with Crippen LogP contribution in [0.25, 0.3) is 0 Å². The molecule has 0 bridgehead atoms. The van der Waals surface area contributed by atoms with Crippen molar-refractivity contribution in [2.24, 2.45) is 5.92 Å². The third kappa shape index (κ3) is 2.99. The largest absolute Gasteiger partial charge is 0.357 e. The van der Waals surface area contributed by atoms with E-state index in [4.69, 9.17) is 0 Å². The first-order chi connectivity index (χ1) is 8.72. The van der Waals surface area contributed by atoms with Crippen LogP contribution in [0, 0.1) is 11.7 Å². The topological polar surface area (TPSA) is 28.2 Å². The molecule has 0 aromatic carbocycles. The predicted molar refractivity (Wildman–Crippen MR) is 72.2 cm³/mol. The molecule has 1 heterocycles. The summed E-state index contributed by atoms with van der Waals surface area (Å²) in [5.74, 6) is 1.02. The molecular formula is C14H22FN3. The highest BCUT2D eigenvalue weighted by molar-refractivity contribution is 5.42. The summed E-state index contributed by atoms with van der Waals surface area (Å²) in [5.41, 5.74) is 0.697. The summed E-state index contributed by atoms with van der Waals surface area (Å²) < 4.78 is 14.3. The van der Waals surface area contributed by atoms with Crippen molar-refractivity contribution >= 4 is 5.82 Å². The van der Waals surface area contributed by atoms with E-state index in [0.717, 1.165) is 13.1 Å². The Hall–Kier alpha value is -1.16. The molecule has 1 aromatic rings. The van der Waals surface area contributed by atoms with Crippen molar-refractivity contribution < 1.29 is 4.39 Å². The van der Waals surface area contributed by atoms with Crippen molar-refractivity contribution in [2.75, 3.05) is 25.0 Å². The van der Waals surface area contributed by atoms with E-state index in [1.165, 1.54) is 19.3 Å². The van der Waals surface area contributed by atoms with Gasteiger partial charge >= 0.3 is 0 Å². The normalized spacial score (nSPS) is 15.5. The molecule has 0 aliphatic heterocycles. The van der Waals surface area contributed by atoms with Crippen LogP contribution in [0.1, 0.15) is 31.7 Å². The van der Waals surface area contributed by atoms with E-state index in [1.54, 1.807) is 12.3 Å². The van der Waals surface area contributed by atoms with Crippen molar-refractivity contribution in [3.05, 3.63) is 23.6 Å². The number of anilines is 1. The molecule has 0 atom stereocenters. The third-order valence-electron chi connectivity index (χ3n) is 3.63. The van der Waals surface area contributed by atoms with Crippen LogP contribution in [-0.4, -0.2) is 25.1 Å². The minimum Gasteiger partial charge on any atom is -0.357 e. The second-order valence-corrected chi connectivity index (χ2v) is 5.07. The van der Waals surface area contributed by atoms with Crippen LogP contribution in [0.2, 0.25) is 0 Å². The number of nitrogens with one attached hydrogen (secondary N) is 1. The van der Waals surface area contributed by atoms with Gasteiger partial charge in [0.15, 0.2) is 11.6 Å². The zero-order valence-electron chi connectivity index (χ0n) is 11.2. The lowest BCUT2D eigenvalue weighted by Gasteiger charge is -2.31. The van der Waals surface area contributed by atoms with Gasteiger partial charge in [0.1, 0.15) is 0 Å². The van der Waals surface area contributed by atoms with E-state index in [-0.39, 0.29) is 5.82 Å². The highest BCUT2D eigenvalue weighted by Crippen LogP contribution is 2.28. The number of hydrogen-bond donors (Lipinski definition) is 1. The quantitative estimate of drug-likeness (QED) is 0.842. The van der Waals surface area contributed by atoms with Gasteiger partial charge in [-0.05, 0) is 31.4 Å². The standard InChI is InChI=1S/C14H22FN3/c1-3-16-9-12-7-8-17-14(13(12)15)18(2)10-11-5-4-6-11/h7-8,11,16H,3-6,9-10H2,1-2H3. The fraction of sp³-hybridized carbons (Fsp3) is 0.643. The molecule has 4 heteroatoms. The van der Waals surface area contributed by atoms with Gasteiger partial charge < -0.3 is 10.2 Å². The van der Waals surface area contributed by atoms with Crippen LogP contribution >= 0.6 is 0 Å². The molecule has 0 radical (unpaired) electrons. The molecule has 3 nitrogen and oxygen atoms in total. The fourth-order valence-corrected chi connectivity index (χ4v) is 2.28. The van der Waals surface area contributed by atoms with Crippen molar-refractivity contribution in [1.29, 1.82) is 0 Å². The highest BCUT2D eigenvalue weighted by atomic mass is 19.1. The zero-order chi connectivity index (χ0) is 13.0. The van der Waals surface area contributed by atoms with E-state index in [1.807, 2.05) is 18.9 Å². The van der Waals surface area contributed by atoms with E-state index in [9.17, 15) is 4.39 Å². The SMILES string of the molecule is CCNCc1ccnc(N(C)CC2CCC2)c1F. The molecule has 1 N–H and O–H groups in total. The maximum atomic E-state index is 14.3. The molecule has 18 heavy (non-hydrogen) atoms. The molecule has 1 aromatic heterocycles. The Morgan fingerprint density at radius 1 is 1.50 bits per heavy atom. The zero-order valence-corrected chi connectivity index (χ0v) is 11.2. The number of hydrogen-bond acceptors (Lipinski definition) is 3. The van der Waals surface area contributed by atoms with Gasteiger partial charge in [0.25, 0.3) is 0 Å².